The van der Waals surface area contributed by atoms with Gasteiger partial charge in [0.2, 0.25) is 5.88 Å². The predicted octanol–water partition coefficient (Wildman–Crippen LogP) is 5.22. The number of ether oxygens (including phenoxy) is 1. The highest BCUT2D eigenvalue weighted by Crippen LogP contribution is 2.50. The minimum atomic E-state index is -0.624. The first kappa shape index (κ1) is 24.3. The number of likely N-dealkylation sites (N-methyl/N-ethyl adjacent to an activating group) is 1. The molecule has 0 aliphatic carbocycles. The zero-order valence-corrected chi connectivity index (χ0v) is 23.6. The number of likely N-dealkylation sites (tertiary alicyclic amines) is 1. The Morgan fingerprint density at radius 3 is 2.88 bits per heavy atom. The Morgan fingerprint density at radius 2 is 2.05 bits per heavy atom. The van der Waals surface area contributed by atoms with Crippen LogP contribution in [0.25, 0.3) is 32.9 Å². The fourth-order valence-electron chi connectivity index (χ4n) is 7.23. The monoisotopic (exact) mass is 577 g/mol. The second-order valence-electron chi connectivity index (χ2n) is 11.7. The van der Waals surface area contributed by atoms with Gasteiger partial charge in [0.25, 0.3) is 0 Å². The van der Waals surface area contributed by atoms with E-state index >= 15 is 4.39 Å². The standard InChI is InChI=1S/C31H31ClF2N6O/c1-16-13-40-18(11-35-16)14-39-15-23(22-7-4-10-38(22)2)41-31-30(39)29(40)20-12-36-27(26(34)28(20)37-31)19-6-3-5-17-8-9-21(33)25(32)24(17)19/h3,5-6,8-9,12,16,18,22-23,35H,4,7,10-11,13-15H2,1-2H3/t16-,18-,22+,23-/m1/s1/i13D/t13?,16-,18-,22+,23-. The number of benzene rings is 2. The molecule has 1 N–H and O–H groups in total. The minimum Gasteiger partial charge on any atom is -0.469 e. The van der Waals surface area contributed by atoms with Crippen LogP contribution in [-0.2, 0) is 0 Å². The normalized spacial score (nSPS) is 28.0. The van der Waals surface area contributed by atoms with Crippen LogP contribution < -0.4 is 19.9 Å². The van der Waals surface area contributed by atoms with Crippen molar-refractivity contribution in [2.75, 3.05) is 49.5 Å². The van der Waals surface area contributed by atoms with Crippen LogP contribution in [0.3, 0.4) is 0 Å². The number of aromatic nitrogens is 2. The fraction of sp³-hybridized carbons (Fsp3) is 0.419. The summed E-state index contributed by atoms with van der Waals surface area (Å²) < 4.78 is 47.0. The third kappa shape index (κ3) is 3.82. The molecule has 1 unspecified atom stereocenters. The Labute approximate surface area is 243 Å². The van der Waals surface area contributed by atoms with Crippen molar-refractivity contribution in [2.24, 2.45) is 0 Å². The van der Waals surface area contributed by atoms with E-state index in [4.69, 9.17) is 22.7 Å². The topological polar surface area (TPSA) is 56.8 Å². The lowest BCUT2D eigenvalue weighted by Crippen LogP contribution is -2.63. The summed E-state index contributed by atoms with van der Waals surface area (Å²) in [5.74, 6) is -0.809. The maximum Gasteiger partial charge on any atom is 0.240 e. The summed E-state index contributed by atoms with van der Waals surface area (Å²) in [7, 11) is 2.13. The van der Waals surface area contributed by atoms with Gasteiger partial charge in [0, 0.05) is 54.2 Å². The van der Waals surface area contributed by atoms with E-state index in [0.717, 1.165) is 37.3 Å². The molecule has 4 aromatic rings. The van der Waals surface area contributed by atoms with E-state index in [1.54, 1.807) is 24.4 Å². The van der Waals surface area contributed by atoms with Gasteiger partial charge in [-0.3, -0.25) is 9.88 Å². The number of nitrogens with zero attached hydrogens (tertiary/aromatic N) is 5. The third-order valence-corrected chi connectivity index (χ3v) is 9.58. The number of hydrogen-bond donors (Lipinski definition) is 1. The van der Waals surface area contributed by atoms with Gasteiger partial charge in [-0.05, 0) is 44.8 Å². The largest absolute Gasteiger partial charge is 0.469 e. The molecular formula is C31H31ClF2N6O. The zero-order valence-electron chi connectivity index (χ0n) is 23.9. The lowest BCUT2D eigenvalue weighted by Gasteiger charge is -2.51. The molecule has 10 heteroatoms. The maximum atomic E-state index is 16.8. The zero-order chi connectivity index (χ0) is 28.9. The van der Waals surface area contributed by atoms with E-state index in [9.17, 15) is 4.39 Å². The van der Waals surface area contributed by atoms with Gasteiger partial charge in [0.15, 0.2) is 5.82 Å². The highest BCUT2D eigenvalue weighted by molar-refractivity contribution is 6.36. The summed E-state index contributed by atoms with van der Waals surface area (Å²) in [6.45, 7) is 4.59. The first-order chi connectivity index (χ1) is 20.3. The molecular weight excluding hydrogens is 546 g/mol. The molecule has 0 amide bonds. The van der Waals surface area contributed by atoms with Crippen molar-refractivity contribution in [3.8, 4) is 17.1 Å². The van der Waals surface area contributed by atoms with Crippen LogP contribution in [0, 0.1) is 11.6 Å². The summed E-state index contributed by atoms with van der Waals surface area (Å²) in [5.41, 5.74) is 2.12. The Hall–Kier alpha value is -3.27. The minimum absolute atomic E-state index is 0.0253. The van der Waals surface area contributed by atoms with E-state index in [1.165, 1.54) is 6.07 Å². The second kappa shape index (κ2) is 9.37. The number of rotatable bonds is 2. The predicted molar refractivity (Wildman–Crippen MR) is 158 cm³/mol. The number of anilines is 2. The van der Waals surface area contributed by atoms with Crippen LogP contribution in [0.15, 0.2) is 36.5 Å². The van der Waals surface area contributed by atoms with E-state index in [1.807, 2.05) is 13.0 Å². The molecule has 41 heavy (non-hydrogen) atoms. The Morgan fingerprint density at radius 1 is 1.17 bits per heavy atom. The molecule has 4 aliphatic heterocycles. The summed E-state index contributed by atoms with van der Waals surface area (Å²) in [6.07, 6.45) is 3.68. The highest BCUT2D eigenvalue weighted by Gasteiger charge is 2.44. The molecule has 4 aliphatic rings. The van der Waals surface area contributed by atoms with Crippen molar-refractivity contribution < 1.29 is 14.9 Å². The molecule has 2 saturated heterocycles. The van der Waals surface area contributed by atoms with E-state index in [0.29, 0.717) is 40.7 Å². The van der Waals surface area contributed by atoms with Crippen LogP contribution in [0.1, 0.15) is 21.1 Å². The fourth-order valence-corrected chi connectivity index (χ4v) is 7.50. The second-order valence-corrected chi connectivity index (χ2v) is 12.1. The maximum absolute atomic E-state index is 16.8. The molecule has 0 bridgehead atoms. The third-order valence-electron chi connectivity index (χ3n) is 9.21. The Bertz CT molecular complexity index is 1760. The summed E-state index contributed by atoms with van der Waals surface area (Å²) in [6, 6.07) is 8.41. The summed E-state index contributed by atoms with van der Waals surface area (Å²) in [4.78, 5) is 16.2. The van der Waals surface area contributed by atoms with E-state index < -0.39 is 18.2 Å². The van der Waals surface area contributed by atoms with E-state index in [2.05, 4.69) is 32.0 Å². The quantitative estimate of drug-likeness (QED) is 0.350. The smallest absolute Gasteiger partial charge is 0.240 e. The van der Waals surface area contributed by atoms with Crippen molar-refractivity contribution in [2.45, 2.75) is 44.0 Å². The Balaban J connectivity index is 1.37. The molecule has 2 aromatic heterocycles. The molecule has 2 fully saturated rings. The van der Waals surface area contributed by atoms with Crippen molar-refractivity contribution in [1.29, 1.82) is 0 Å². The van der Waals surface area contributed by atoms with Gasteiger partial charge in [-0.2, -0.15) is 0 Å². The van der Waals surface area contributed by atoms with Gasteiger partial charge < -0.3 is 19.9 Å². The van der Waals surface area contributed by atoms with Crippen LogP contribution >= 0.6 is 11.6 Å². The molecule has 212 valence electrons. The van der Waals surface area contributed by atoms with Gasteiger partial charge in [0.05, 0.1) is 24.7 Å². The Kier molecular flexibility index (Phi) is 5.56. The molecule has 0 saturated carbocycles. The molecule has 5 atom stereocenters. The van der Waals surface area contributed by atoms with Gasteiger partial charge in [-0.1, -0.05) is 35.9 Å². The van der Waals surface area contributed by atoms with Gasteiger partial charge in [0.1, 0.15) is 28.8 Å². The van der Waals surface area contributed by atoms with Crippen LogP contribution in [0.2, 0.25) is 5.02 Å². The van der Waals surface area contributed by atoms with Gasteiger partial charge >= 0.3 is 0 Å². The number of nitrogens with one attached hydrogen (secondary N) is 1. The molecule has 0 radical (unpaired) electrons. The average molecular weight is 578 g/mol. The molecule has 8 rings (SSSR count). The van der Waals surface area contributed by atoms with Crippen molar-refractivity contribution in [3.05, 3.63) is 53.2 Å². The van der Waals surface area contributed by atoms with Crippen LogP contribution in [0.4, 0.5) is 20.2 Å². The van der Waals surface area contributed by atoms with Crippen molar-refractivity contribution in [3.63, 3.8) is 0 Å². The average Bonchev–Trinajstić information content (AvgIpc) is 3.42. The number of hydrogen-bond acceptors (Lipinski definition) is 7. The van der Waals surface area contributed by atoms with E-state index in [-0.39, 0.29) is 40.5 Å². The number of pyridine rings is 2. The molecule has 7 nitrogen and oxygen atoms in total. The highest BCUT2D eigenvalue weighted by atomic mass is 35.5. The lowest BCUT2D eigenvalue weighted by atomic mass is 9.97. The molecule has 0 spiro atoms. The molecule has 6 heterocycles. The van der Waals surface area contributed by atoms with Crippen molar-refractivity contribution in [1.82, 2.24) is 20.2 Å². The lowest BCUT2D eigenvalue weighted by molar-refractivity contribution is 0.0976. The van der Waals surface area contributed by atoms with Crippen LogP contribution in [0.5, 0.6) is 5.88 Å². The first-order valence-corrected chi connectivity index (χ1v) is 14.6. The molecule has 2 aromatic carbocycles. The summed E-state index contributed by atoms with van der Waals surface area (Å²) >= 11 is 6.41. The summed E-state index contributed by atoms with van der Waals surface area (Å²) in [5, 5.41) is 5.03. The van der Waals surface area contributed by atoms with Crippen molar-refractivity contribution >= 4 is 44.7 Å². The van der Waals surface area contributed by atoms with Gasteiger partial charge in [-0.15, -0.1) is 0 Å². The first-order valence-electron chi connectivity index (χ1n) is 14.8. The van der Waals surface area contributed by atoms with Crippen LogP contribution in [-0.4, -0.2) is 78.8 Å². The van der Waals surface area contributed by atoms with Gasteiger partial charge in [-0.25, -0.2) is 13.8 Å². The number of fused-ring (bicyclic) bond motifs is 5. The SMILES string of the molecule is [2H]C1[C@@H](C)NC[C@@H]2CN3C[C@H]([C@@H]4CCCN4C)Oc4nc5c(F)c(-c6cccc7ccc(F)c(Cl)c67)ncc5c(c43)N12. The number of halogens is 3. The number of piperazine rings is 1.